The molecule has 0 saturated carbocycles. The molecule has 0 atom stereocenters. The van der Waals surface area contributed by atoms with Crippen molar-refractivity contribution in [3.63, 3.8) is 0 Å². The molecule has 8 heteroatoms. The number of amides is 1. The van der Waals surface area contributed by atoms with Gasteiger partial charge in [-0.05, 0) is 36.8 Å². The van der Waals surface area contributed by atoms with Crippen molar-refractivity contribution in [3.05, 3.63) is 58.8 Å². The minimum absolute atomic E-state index is 0.0182. The highest BCUT2D eigenvalue weighted by Gasteiger charge is 2.32. The van der Waals surface area contributed by atoms with Gasteiger partial charge in [0.25, 0.3) is 5.91 Å². The van der Waals surface area contributed by atoms with Gasteiger partial charge in [-0.25, -0.2) is 4.98 Å². The smallest absolute Gasteiger partial charge is 0.352 e. The van der Waals surface area contributed by atoms with Gasteiger partial charge in [0.15, 0.2) is 0 Å². The Morgan fingerprint density at radius 1 is 1.19 bits per heavy atom. The third-order valence-electron chi connectivity index (χ3n) is 4.55. The van der Waals surface area contributed by atoms with E-state index in [1.54, 1.807) is 12.3 Å². The monoisotopic (exact) mass is 374 g/mol. The molecule has 1 aliphatic rings. The number of halogens is 3. The number of aryl methyl sites for hydroxylation is 1. The lowest BCUT2D eigenvalue weighted by atomic mass is 10.1. The van der Waals surface area contributed by atoms with Crippen LogP contribution in [0.1, 0.15) is 27.0 Å². The largest absolute Gasteiger partial charge is 0.416 e. The van der Waals surface area contributed by atoms with Gasteiger partial charge in [-0.15, -0.1) is 0 Å². The van der Waals surface area contributed by atoms with E-state index in [9.17, 15) is 23.2 Å². The van der Waals surface area contributed by atoms with Crippen molar-refractivity contribution in [2.24, 2.45) is 0 Å². The lowest BCUT2D eigenvalue weighted by Crippen LogP contribution is -2.49. The molecule has 1 amide bonds. The van der Waals surface area contributed by atoms with Crippen LogP contribution in [-0.4, -0.2) is 42.0 Å². The van der Waals surface area contributed by atoms with Crippen molar-refractivity contribution in [2.75, 3.05) is 31.1 Å². The fourth-order valence-electron chi connectivity index (χ4n) is 3.05. The molecule has 5 nitrogen and oxygen atoms in total. The van der Waals surface area contributed by atoms with Crippen LogP contribution in [0.5, 0.6) is 0 Å². The summed E-state index contributed by atoms with van der Waals surface area (Å²) in [5.74, 6) is 0.141. The van der Waals surface area contributed by atoms with Crippen LogP contribution < -0.4 is 4.90 Å². The minimum atomic E-state index is -4.49. The Hall–Kier alpha value is -3.08. The molecule has 2 aromatic rings. The van der Waals surface area contributed by atoms with Crippen LogP contribution in [0.2, 0.25) is 0 Å². The van der Waals surface area contributed by atoms with E-state index >= 15 is 0 Å². The van der Waals surface area contributed by atoms with Crippen molar-refractivity contribution in [1.29, 1.82) is 5.26 Å². The SMILES string of the molecule is Cc1ccnc(N2CCN(C(=O)c3cccc(C(F)(F)F)c3)CC2)c1C#N. The van der Waals surface area contributed by atoms with Crippen LogP contribution in [-0.2, 0) is 6.18 Å². The summed E-state index contributed by atoms with van der Waals surface area (Å²) in [7, 11) is 0. The molecule has 1 saturated heterocycles. The number of benzene rings is 1. The molecule has 0 bridgehead atoms. The first-order valence-corrected chi connectivity index (χ1v) is 8.38. The third-order valence-corrected chi connectivity index (χ3v) is 4.55. The highest BCUT2D eigenvalue weighted by atomic mass is 19.4. The Bertz CT molecular complexity index is 897. The van der Waals surface area contributed by atoms with Gasteiger partial charge in [-0.1, -0.05) is 6.07 Å². The first kappa shape index (κ1) is 18.7. The van der Waals surface area contributed by atoms with Crippen LogP contribution in [0.3, 0.4) is 0 Å². The van der Waals surface area contributed by atoms with Crippen LogP contribution >= 0.6 is 0 Å². The Balaban J connectivity index is 1.72. The second kappa shape index (κ2) is 7.27. The molecule has 1 aromatic carbocycles. The van der Waals surface area contributed by atoms with E-state index in [-0.39, 0.29) is 5.56 Å². The minimum Gasteiger partial charge on any atom is -0.352 e. The van der Waals surface area contributed by atoms with E-state index in [4.69, 9.17) is 0 Å². The van der Waals surface area contributed by atoms with E-state index in [2.05, 4.69) is 11.1 Å². The number of hydrogen-bond acceptors (Lipinski definition) is 4. The highest BCUT2D eigenvalue weighted by Crippen LogP contribution is 2.30. The van der Waals surface area contributed by atoms with Gasteiger partial charge < -0.3 is 9.80 Å². The summed E-state index contributed by atoms with van der Waals surface area (Å²) >= 11 is 0. The number of alkyl halides is 3. The van der Waals surface area contributed by atoms with Crippen LogP contribution in [0.4, 0.5) is 19.0 Å². The van der Waals surface area contributed by atoms with Gasteiger partial charge >= 0.3 is 6.18 Å². The molecule has 1 fully saturated rings. The van der Waals surface area contributed by atoms with Crippen LogP contribution in [0.15, 0.2) is 36.5 Å². The predicted octanol–water partition coefficient (Wildman–Crippen LogP) is 3.24. The van der Waals surface area contributed by atoms with E-state index in [0.29, 0.717) is 37.6 Å². The summed E-state index contributed by atoms with van der Waals surface area (Å²) in [5.41, 5.74) is 0.499. The maximum atomic E-state index is 12.9. The molecule has 0 unspecified atom stereocenters. The number of anilines is 1. The van der Waals surface area contributed by atoms with Crippen LogP contribution in [0.25, 0.3) is 0 Å². The zero-order valence-corrected chi connectivity index (χ0v) is 14.6. The number of aromatic nitrogens is 1. The summed E-state index contributed by atoms with van der Waals surface area (Å²) in [4.78, 5) is 20.3. The average Bonchev–Trinajstić information content (AvgIpc) is 2.67. The molecule has 27 heavy (non-hydrogen) atoms. The van der Waals surface area contributed by atoms with Crippen molar-refractivity contribution < 1.29 is 18.0 Å². The van der Waals surface area contributed by atoms with Crippen molar-refractivity contribution in [2.45, 2.75) is 13.1 Å². The molecular weight excluding hydrogens is 357 g/mol. The number of hydrogen-bond donors (Lipinski definition) is 0. The Labute approximate surface area is 154 Å². The van der Waals surface area contributed by atoms with Gasteiger partial charge in [-0.3, -0.25) is 4.79 Å². The Morgan fingerprint density at radius 3 is 2.52 bits per heavy atom. The molecule has 3 rings (SSSR count). The summed E-state index contributed by atoms with van der Waals surface area (Å²) in [6.45, 7) is 3.42. The molecule has 1 aromatic heterocycles. The summed E-state index contributed by atoms with van der Waals surface area (Å²) < 4.78 is 38.6. The average molecular weight is 374 g/mol. The lowest BCUT2D eigenvalue weighted by Gasteiger charge is -2.36. The molecule has 0 spiro atoms. The van der Waals surface area contributed by atoms with Gasteiger partial charge in [0.2, 0.25) is 0 Å². The third kappa shape index (κ3) is 3.87. The van der Waals surface area contributed by atoms with Crippen LogP contribution in [0, 0.1) is 18.3 Å². The number of nitriles is 1. The summed E-state index contributed by atoms with van der Waals surface area (Å²) in [5, 5.41) is 9.34. The molecule has 0 aliphatic carbocycles. The predicted molar refractivity (Wildman–Crippen MR) is 93.2 cm³/mol. The molecule has 0 N–H and O–H groups in total. The van der Waals surface area contributed by atoms with Gasteiger partial charge in [0.1, 0.15) is 11.9 Å². The van der Waals surface area contributed by atoms with Gasteiger partial charge in [0, 0.05) is 37.9 Å². The fraction of sp³-hybridized carbons (Fsp3) is 0.316. The van der Waals surface area contributed by atoms with Gasteiger partial charge in [-0.2, -0.15) is 18.4 Å². The molecule has 140 valence electrons. The topological polar surface area (TPSA) is 60.2 Å². The summed E-state index contributed by atoms with van der Waals surface area (Å²) in [6, 6.07) is 8.36. The van der Waals surface area contributed by atoms with E-state index < -0.39 is 17.6 Å². The standard InChI is InChI=1S/C19H17F3N4O/c1-13-5-6-24-17(16(13)12-23)25-7-9-26(10-8-25)18(27)14-3-2-4-15(11-14)19(20,21)22/h2-6,11H,7-10H2,1H3. The first-order valence-electron chi connectivity index (χ1n) is 8.38. The quantitative estimate of drug-likeness (QED) is 0.810. The van der Waals surface area contributed by atoms with E-state index in [1.807, 2.05) is 11.8 Å². The lowest BCUT2D eigenvalue weighted by molar-refractivity contribution is -0.137. The van der Waals surface area contributed by atoms with Crippen molar-refractivity contribution in [1.82, 2.24) is 9.88 Å². The maximum absolute atomic E-state index is 12.9. The zero-order valence-electron chi connectivity index (χ0n) is 14.6. The van der Waals surface area contributed by atoms with E-state index in [1.165, 1.54) is 17.0 Å². The Morgan fingerprint density at radius 2 is 1.89 bits per heavy atom. The number of nitrogens with zero attached hydrogens (tertiary/aromatic N) is 4. The van der Waals surface area contributed by atoms with Crippen molar-refractivity contribution >= 4 is 11.7 Å². The number of carbonyl (C=O) groups excluding carboxylic acids is 1. The fourth-order valence-corrected chi connectivity index (χ4v) is 3.05. The Kier molecular flexibility index (Phi) is 5.04. The number of carbonyl (C=O) groups is 1. The highest BCUT2D eigenvalue weighted by molar-refractivity contribution is 5.94. The van der Waals surface area contributed by atoms with Crippen molar-refractivity contribution in [3.8, 4) is 6.07 Å². The number of pyridine rings is 1. The normalized spacial score (nSPS) is 14.8. The first-order chi connectivity index (χ1) is 12.8. The van der Waals surface area contributed by atoms with E-state index in [0.717, 1.165) is 17.7 Å². The molecule has 2 heterocycles. The second-order valence-electron chi connectivity index (χ2n) is 6.30. The second-order valence-corrected chi connectivity index (χ2v) is 6.30. The maximum Gasteiger partial charge on any atom is 0.416 e. The molecule has 1 aliphatic heterocycles. The number of piperazine rings is 1. The van der Waals surface area contributed by atoms with Gasteiger partial charge in [0.05, 0.1) is 11.1 Å². The number of rotatable bonds is 2. The molecular formula is C19H17F3N4O. The summed E-state index contributed by atoms with van der Waals surface area (Å²) in [6.07, 6.45) is -2.86. The zero-order chi connectivity index (χ0) is 19.6. The molecule has 0 radical (unpaired) electrons.